The first-order valence-corrected chi connectivity index (χ1v) is 15.4. The molecule has 0 spiro atoms. The van der Waals surface area contributed by atoms with Crippen LogP contribution in [0.1, 0.15) is 118 Å². The summed E-state index contributed by atoms with van der Waals surface area (Å²) in [4.78, 5) is 0. The van der Waals surface area contributed by atoms with Crippen LogP contribution in [-0.2, 0) is 17.3 Å². The molecule has 212 valence electrons. The van der Waals surface area contributed by atoms with Crippen molar-refractivity contribution in [2.24, 2.45) is 11.8 Å². The summed E-state index contributed by atoms with van der Waals surface area (Å²) in [6.45, 7) is 5.92. The lowest BCUT2D eigenvalue weighted by molar-refractivity contribution is -0.248. The van der Waals surface area contributed by atoms with Gasteiger partial charge in [-0.2, -0.15) is 8.78 Å². The highest BCUT2D eigenvalue weighted by atomic mass is 19.3. The Hall–Kier alpha value is -2.26. The second-order valence-electron chi connectivity index (χ2n) is 11.9. The molecule has 0 amide bonds. The van der Waals surface area contributed by atoms with E-state index >= 15 is 0 Å². The molecule has 0 N–H and O–H groups in total. The van der Waals surface area contributed by atoms with Gasteiger partial charge >= 0.3 is 6.11 Å². The van der Waals surface area contributed by atoms with Crippen LogP contribution in [0.25, 0.3) is 0 Å². The standard InChI is InChI=1S/C36H48F2O/c1-3-5-7-9-29-12-18-31(19-13-29)32-20-14-30(15-21-32)26-27-39-36(37,38)35-24-22-34(23-25-35)33-16-10-28(11-17-33)8-6-4-2/h3-5,14-15,20-25,28-29,31,33H,2,6-13,16-19,26-27H2,1H3. The second-order valence-corrected chi connectivity index (χ2v) is 11.9. The predicted octanol–water partition coefficient (Wildman–Crippen LogP) is 10.9. The number of rotatable bonds is 13. The maximum absolute atomic E-state index is 14.8. The summed E-state index contributed by atoms with van der Waals surface area (Å²) in [7, 11) is 0. The van der Waals surface area contributed by atoms with Crippen LogP contribution in [0.3, 0.4) is 0 Å². The minimum Gasteiger partial charge on any atom is -0.316 e. The van der Waals surface area contributed by atoms with Crippen molar-refractivity contribution in [2.75, 3.05) is 6.61 Å². The van der Waals surface area contributed by atoms with Crippen molar-refractivity contribution in [1.82, 2.24) is 0 Å². The van der Waals surface area contributed by atoms with E-state index in [1.807, 2.05) is 18.2 Å². The third kappa shape index (κ3) is 8.87. The van der Waals surface area contributed by atoms with Crippen LogP contribution < -0.4 is 0 Å². The first-order chi connectivity index (χ1) is 19.0. The van der Waals surface area contributed by atoms with E-state index < -0.39 is 6.11 Å². The monoisotopic (exact) mass is 534 g/mol. The van der Waals surface area contributed by atoms with Gasteiger partial charge in [0.05, 0.1) is 12.2 Å². The lowest BCUT2D eigenvalue weighted by Crippen LogP contribution is -2.20. The van der Waals surface area contributed by atoms with Crippen molar-refractivity contribution in [3.8, 4) is 0 Å². The Balaban J connectivity index is 1.19. The molecule has 3 heteroatoms. The maximum Gasteiger partial charge on any atom is 0.383 e. The quantitative estimate of drug-likeness (QED) is 0.232. The van der Waals surface area contributed by atoms with E-state index in [1.54, 1.807) is 12.1 Å². The van der Waals surface area contributed by atoms with Gasteiger partial charge in [0.2, 0.25) is 0 Å². The van der Waals surface area contributed by atoms with Crippen LogP contribution in [0.5, 0.6) is 0 Å². The Bertz CT molecular complexity index is 1010. The summed E-state index contributed by atoms with van der Waals surface area (Å²) in [6, 6.07) is 15.5. The third-order valence-electron chi connectivity index (χ3n) is 9.29. The fourth-order valence-corrected chi connectivity index (χ4v) is 6.71. The molecule has 39 heavy (non-hydrogen) atoms. The first kappa shape index (κ1) is 29.7. The van der Waals surface area contributed by atoms with Crippen molar-refractivity contribution in [3.63, 3.8) is 0 Å². The Kier molecular flexibility index (Phi) is 11.4. The largest absolute Gasteiger partial charge is 0.383 e. The van der Waals surface area contributed by atoms with Crippen molar-refractivity contribution >= 4 is 0 Å². The summed E-state index contributed by atoms with van der Waals surface area (Å²) in [5.74, 6) is 2.76. The van der Waals surface area contributed by atoms with Crippen LogP contribution in [0, 0.1) is 11.8 Å². The Labute approximate surface area is 235 Å². The van der Waals surface area contributed by atoms with E-state index in [-0.39, 0.29) is 12.2 Å². The number of alkyl halides is 2. The molecule has 2 aliphatic rings. The van der Waals surface area contributed by atoms with E-state index in [2.05, 4.69) is 49.9 Å². The SMILES string of the molecule is C=CCCC1CCC(c2ccc(C(F)(F)OCCc3ccc(C4CCC(CCC=CC)CC4)cc3)cc2)CC1. The molecular formula is C36H48F2O. The molecule has 4 rings (SSSR count). The molecule has 2 fully saturated rings. The molecule has 1 nitrogen and oxygen atoms in total. The molecule has 2 saturated carbocycles. The molecule has 0 saturated heterocycles. The number of benzene rings is 2. The number of ether oxygens (including phenoxy) is 1. The zero-order chi connectivity index (χ0) is 27.5. The van der Waals surface area contributed by atoms with Crippen LogP contribution >= 0.6 is 0 Å². The zero-order valence-corrected chi connectivity index (χ0v) is 23.9. The lowest BCUT2D eigenvalue weighted by atomic mass is 9.77. The average Bonchev–Trinajstić information content (AvgIpc) is 2.97. The molecule has 0 heterocycles. The highest BCUT2D eigenvalue weighted by Gasteiger charge is 2.33. The van der Waals surface area contributed by atoms with Crippen molar-refractivity contribution < 1.29 is 13.5 Å². The molecule has 0 aromatic heterocycles. The highest BCUT2D eigenvalue weighted by molar-refractivity contribution is 5.28. The van der Waals surface area contributed by atoms with E-state index in [4.69, 9.17) is 4.74 Å². The van der Waals surface area contributed by atoms with Gasteiger partial charge < -0.3 is 4.74 Å². The number of halogens is 2. The summed E-state index contributed by atoms with van der Waals surface area (Å²) in [5.41, 5.74) is 3.57. The maximum atomic E-state index is 14.8. The minimum atomic E-state index is -3.27. The summed E-state index contributed by atoms with van der Waals surface area (Å²) < 4.78 is 34.7. The van der Waals surface area contributed by atoms with Gasteiger partial charge in [0.1, 0.15) is 0 Å². The van der Waals surface area contributed by atoms with Gasteiger partial charge in [0, 0.05) is 0 Å². The molecule has 0 aliphatic heterocycles. The van der Waals surface area contributed by atoms with Gasteiger partial charge in [-0.05, 0) is 131 Å². The van der Waals surface area contributed by atoms with Gasteiger partial charge in [-0.15, -0.1) is 6.58 Å². The predicted molar refractivity (Wildman–Crippen MR) is 159 cm³/mol. The highest BCUT2D eigenvalue weighted by Crippen LogP contribution is 2.39. The minimum absolute atomic E-state index is 0.000134. The average molecular weight is 535 g/mol. The summed E-state index contributed by atoms with van der Waals surface area (Å²) in [6.07, 6.45) is 18.3. The fraction of sp³-hybridized carbons (Fsp3) is 0.556. The Morgan fingerprint density at radius 3 is 1.79 bits per heavy atom. The van der Waals surface area contributed by atoms with Crippen LogP contribution in [0.2, 0.25) is 0 Å². The number of hydrogen-bond acceptors (Lipinski definition) is 1. The van der Waals surface area contributed by atoms with E-state index in [9.17, 15) is 8.78 Å². The lowest BCUT2D eigenvalue weighted by Gasteiger charge is -2.29. The molecule has 2 aliphatic carbocycles. The van der Waals surface area contributed by atoms with Crippen LogP contribution in [-0.4, -0.2) is 6.61 Å². The van der Waals surface area contributed by atoms with Gasteiger partial charge in [-0.1, -0.05) is 66.8 Å². The summed E-state index contributed by atoms with van der Waals surface area (Å²) in [5, 5.41) is 0. The van der Waals surface area contributed by atoms with Gasteiger partial charge in [0.15, 0.2) is 0 Å². The summed E-state index contributed by atoms with van der Waals surface area (Å²) >= 11 is 0. The van der Waals surface area contributed by atoms with Gasteiger partial charge in [-0.25, -0.2) is 0 Å². The van der Waals surface area contributed by atoms with Crippen LogP contribution in [0.4, 0.5) is 8.78 Å². The first-order valence-electron chi connectivity index (χ1n) is 15.4. The molecule has 0 unspecified atom stereocenters. The fourth-order valence-electron chi connectivity index (χ4n) is 6.71. The van der Waals surface area contributed by atoms with E-state index in [1.165, 1.54) is 68.9 Å². The van der Waals surface area contributed by atoms with Crippen LogP contribution in [0.15, 0.2) is 73.3 Å². The van der Waals surface area contributed by atoms with Crippen molar-refractivity contribution in [3.05, 3.63) is 95.6 Å². The third-order valence-corrected chi connectivity index (χ3v) is 9.29. The van der Waals surface area contributed by atoms with Crippen molar-refractivity contribution in [1.29, 1.82) is 0 Å². The Morgan fingerprint density at radius 2 is 1.28 bits per heavy atom. The topological polar surface area (TPSA) is 9.23 Å². The van der Waals surface area contributed by atoms with Crippen molar-refractivity contribution in [2.45, 2.75) is 108 Å². The van der Waals surface area contributed by atoms with E-state index in [0.29, 0.717) is 18.3 Å². The number of hydrogen-bond donors (Lipinski definition) is 0. The molecule has 0 radical (unpaired) electrons. The van der Waals surface area contributed by atoms with Gasteiger partial charge in [-0.3, -0.25) is 0 Å². The normalized spacial score (nSPS) is 24.2. The van der Waals surface area contributed by atoms with Gasteiger partial charge in [0.25, 0.3) is 0 Å². The second kappa shape index (κ2) is 14.9. The van der Waals surface area contributed by atoms with E-state index in [0.717, 1.165) is 36.7 Å². The molecule has 0 atom stereocenters. The molecule has 2 aromatic rings. The molecular weight excluding hydrogens is 486 g/mol. The molecule has 2 aromatic carbocycles. The Morgan fingerprint density at radius 1 is 0.769 bits per heavy atom. The smallest absolute Gasteiger partial charge is 0.316 e. The number of allylic oxidation sites excluding steroid dienone is 3. The zero-order valence-electron chi connectivity index (χ0n) is 23.9. The molecule has 0 bridgehead atoms.